The molecule has 0 amide bonds. The number of hydrogen-bond acceptors (Lipinski definition) is 3. The first-order chi connectivity index (χ1) is 8.99. The number of alkyl halides is 3. The summed E-state index contributed by atoms with van der Waals surface area (Å²) >= 11 is 0. The van der Waals surface area contributed by atoms with Gasteiger partial charge in [0.15, 0.2) is 0 Å². The van der Waals surface area contributed by atoms with E-state index in [0.29, 0.717) is 0 Å². The fourth-order valence-electron chi connectivity index (χ4n) is 2.38. The van der Waals surface area contributed by atoms with E-state index in [0.717, 1.165) is 31.5 Å². The second-order valence-electron chi connectivity index (χ2n) is 4.56. The molecule has 1 aromatic carbocycles. The topological polar surface area (TPSA) is 32.7 Å². The first kappa shape index (κ1) is 14.1. The second kappa shape index (κ2) is 5.79. The van der Waals surface area contributed by atoms with Crippen LogP contribution < -0.4 is 4.74 Å². The summed E-state index contributed by atoms with van der Waals surface area (Å²) in [6.45, 7) is 1.78. The molecule has 6 heteroatoms. The average molecular weight is 275 g/mol. The zero-order valence-corrected chi connectivity index (χ0v) is 10.4. The van der Waals surface area contributed by atoms with Gasteiger partial charge in [0.2, 0.25) is 0 Å². The van der Waals surface area contributed by atoms with Crippen molar-refractivity contribution in [1.82, 2.24) is 4.90 Å². The van der Waals surface area contributed by atoms with Crippen molar-refractivity contribution < 1.29 is 23.0 Å². The Morgan fingerprint density at radius 3 is 2.21 bits per heavy atom. The van der Waals surface area contributed by atoms with E-state index in [4.69, 9.17) is 0 Å². The molecule has 106 valence electrons. The van der Waals surface area contributed by atoms with Crippen LogP contribution in [0.2, 0.25) is 0 Å². The number of hydrogen-bond donors (Lipinski definition) is 1. The number of likely N-dealkylation sites (tertiary alicyclic amines) is 1. The van der Waals surface area contributed by atoms with Crippen LogP contribution in [0, 0.1) is 0 Å². The lowest BCUT2D eigenvalue weighted by molar-refractivity contribution is -0.274. The van der Waals surface area contributed by atoms with Crippen molar-refractivity contribution in [3.8, 4) is 5.75 Å². The molecule has 0 unspecified atom stereocenters. The van der Waals surface area contributed by atoms with Crippen molar-refractivity contribution in [3.63, 3.8) is 0 Å². The van der Waals surface area contributed by atoms with Gasteiger partial charge in [-0.1, -0.05) is 12.1 Å². The third-order valence-electron chi connectivity index (χ3n) is 3.25. The molecule has 1 atom stereocenters. The molecule has 1 N–H and O–H groups in total. The molecule has 0 bridgehead atoms. The van der Waals surface area contributed by atoms with Gasteiger partial charge < -0.3 is 9.84 Å². The summed E-state index contributed by atoms with van der Waals surface area (Å²) in [6.07, 6.45) is -2.50. The highest BCUT2D eigenvalue weighted by atomic mass is 19.4. The number of benzene rings is 1. The molecule has 19 heavy (non-hydrogen) atoms. The number of ether oxygens (including phenoxy) is 1. The van der Waals surface area contributed by atoms with E-state index in [1.165, 1.54) is 12.1 Å². The van der Waals surface area contributed by atoms with Crippen LogP contribution in [-0.2, 0) is 0 Å². The van der Waals surface area contributed by atoms with Crippen LogP contribution in [0.3, 0.4) is 0 Å². The van der Waals surface area contributed by atoms with E-state index >= 15 is 0 Å². The summed E-state index contributed by atoms with van der Waals surface area (Å²) in [6, 6.07) is 5.55. The molecule has 0 aromatic heterocycles. The minimum atomic E-state index is -4.67. The van der Waals surface area contributed by atoms with Crippen LogP contribution in [0.25, 0.3) is 0 Å². The van der Waals surface area contributed by atoms with Gasteiger partial charge in [-0.3, -0.25) is 4.90 Å². The number of aliphatic hydroxyl groups excluding tert-OH is 1. The molecule has 0 radical (unpaired) electrons. The lowest BCUT2D eigenvalue weighted by atomic mass is 10.1. The summed E-state index contributed by atoms with van der Waals surface area (Å²) in [5.41, 5.74) is 0.805. The molecule has 1 fully saturated rings. The maximum atomic E-state index is 12.0. The monoisotopic (exact) mass is 275 g/mol. The molecular formula is C13H16F3NO2. The molecular weight excluding hydrogens is 259 g/mol. The van der Waals surface area contributed by atoms with E-state index < -0.39 is 6.36 Å². The first-order valence-electron chi connectivity index (χ1n) is 6.20. The summed E-state index contributed by atoms with van der Waals surface area (Å²) in [5, 5.41) is 9.44. The van der Waals surface area contributed by atoms with Gasteiger partial charge in [-0.25, -0.2) is 0 Å². The first-order valence-corrected chi connectivity index (χ1v) is 6.20. The lowest BCUT2D eigenvalue weighted by Gasteiger charge is -2.26. The zero-order chi connectivity index (χ0) is 13.9. The Balaban J connectivity index is 2.07. The van der Waals surface area contributed by atoms with Gasteiger partial charge in [0.05, 0.1) is 12.6 Å². The molecule has 0 aliphatic carbocycles. The Bertz CT molecular complexity index is 399. The standard InChI is InChI=1S/C13H16F3NO2/c14-13(15,16)19-11-5-3-10(4-6-11)12(9-18)17-7-1-2-8-17/h3-6,12,18H,1-2,7-9H2/t12-/m1/s1. The maximum absolute atomic E-state index is 12.0. The summed E-state index contributed by atoms with van der Waals surface area (Å²) in [7, 11) is 0. The normalized spacial score (nSPS) is 18.5. The number of aliphatic hydroxyl groups is 1. The fraction of sp³-hybridized carbons (Fsp3) is 0.538. The molecule has 1 saturated heterocycles. The van der Waals surface area contributed by atoms with Gasteiger partial charge in [0.25, 0.3) is 0 Å². The van der Waals surface area contributed by atoms with E-state index in [2.05, 4.69) is 9.64 Å². The fourth-order valence-corrected chi connectivity index (χ4v) is 2.38. The van der Waals surface area contributed by atoms with Gasteiger partial charge in [-0.05, 0) is 43.6 Å². The second-order valence-corrected chi connectivity index (χ2v) is 4.56. The zero-order valence-electron chi connectivity index (χ0n) is 10.4. The molecule has 1 heterocycles. The highest BCUT2D eigenvalue weighted by molar-refractivity contribution is 5.29. The van der Waals surface area contributed by atoms with E-state index in [1.807, 2.05) is 0 Å². The van der Waals surface area contributed by atoms with Crippen molar-refractivity contribution >= 4 is 0 Å². The highest BCUT2D eigenvalue weighted by Gasteiger charge is 2.31. The molecule has 3 nitrogen and oxygen atoms in total. The molecule has 1 aliphatic heterocycles. The molecule has 0 saturated carbocycles. The molecule has 1 aromatic rings. The summed E-state index contributed by atoms with van der Waals surface area (Å²) in [4.78, 5) is 2.14. The van der Waals surface area contributed by atoms with E-state index in [-0.39, 0.29) is 18.4 Å². The van der Waals surface area contributed by atoms with Gasteiger partial charge >= 0.3 is 6.36 Å². The Labute approximate surface area is 109 Å². The van der Waals surface area contributed by atoms with Crippen molar-refractivity contribution in [3.05, 3.63) is 29.8 Å². The maximum Gasteiger partial charge on any atom is 0.573 e. The largest absolute Gasteiger partial charge is 0.573 e. The SMILES string of the molecule is OC[C@H](c1ccc(OC(F)(F)F)cc1)N1CCCC1. The van der Waals surface area contributed by atoms with Crippen molar-refractivity contribution in [2.75, 3.05) is 19.7 Å². The van der Waals surface area contributed by atoms with E-state index in [1.54, 1.807) is 12.1 Å². The third-order valence-corrected chi connectivity index (χ3v) is 3.25. The van der Waals surface area contributed by atoms with Crippen LogP contribution in [0.1, 0.15) is 24.4 Å². The number of nitrogens with zero attached hydrogens (tertiary/aromatic N) is 1. The van der Waals surface area contributed by atoms with Crippen molar-refractivity contribution in [2.45, 2.75) is 25.2 Å². The lowest BCUT2D eigenvalue weighted by Crippen LogP contribution is -2.28. The van der Waals surface area contributed by atoms with Gasteiger partial charge in [0, 0.05) is 0 Å². The summed E-state index contributed by atoms with van der Waals surface area (Å²) in [5.74, 6) is -0.241. The smallest absolute Gasteiger partial charge is 0.406 e. The van der Waals surface area contributed by atoms with Gasteiger partial charge in [-0.2, -0.15) is 0 Å². The van der Waals surface area contributed by atoms with Crippen molar-refractivity contribution in [2.24, 2.45) is 0 Å². The highest BCUT2D eigenvalue weighted by Crippen LogP contribution is 2.28. The van der Waals surface area contributed by atoms with Crippen LogP contribution in [0.4, 0.5) is 13.2 Å². The summed E-state index contributed by atoms with van der Waals surface area (Å²) < 4.78 is 39.9. The van der Waals surface area contributed by atoms with Gasteiger partial charge in [0.1, 0.15) is 5.75 Å². The van der Waals surface area contributed by atoms with Crippen LogP contribution >= 0.6 is 0 Å². The average Bonchev–Trinajstić information content (AvgIpc) is 2.84. The quantitative estimate of drug-likeness (QED) is 0.917. The van der Waals surface area contributed by atoms with Crippen LogP contribution in [0.5, 0.6) is 5.75 Å². The Hall–Kier alpha value is -1.27. The number of rotatable bonds is 4. The Kier molecular flexibility index (Phi) is 4.31. The Morgan fingerprint density at radius 1 is 1.16 bits per heavy atom. The molecule has 0 spiro atoms. The number of halogens is 3. The van der Waals surface area contributed by atoms with Gasteiger partial charge in [-0.15, -0.1) is 13.2 Å². The molecule has 1 aliphatic rings. The Morgan fingerprint density at radius 2 is 1.74 bits per heavy atom. The predicted molar refractivity (Wildman–Crippen MR) is 63.8 cm³/mol. The van der Waals surface area contributed by atoms with Crippen molar-refractivity contribution in [1.29, 1.82) is 0 Å². The van der Waals surface area contributed by atoms with Crippen LogP contribution in [0.15, 0.2) is 24.3 Å². The molecule has 2 rings (SSSR count). The van der Waals surface area contributed by atoms with E-state index in [9.17, 15) is 18.3 Å². The predicted octanol–water partition coefficient (Wildman–Crippen LogP) is 2.71. The third kappa shape index (κ3) is 3.84. The van der Waals surface area contributed by atoms with Crippen LogP contribution in [-0.4, -0.2) is 36.1 Å². The minimum absolute atomic E-state index is 0.0422. The minimum Gasteiger partial charge on any atom is -0.406 e.